The van der Waals surface area contributed by atoms with Crippen molar-refractivity contribution in [1.29, 1.82) is 0 Å². The summed E-state index contributed by atoms with van der Waals surface area (Å²) >= 11 is 0. The number of hydrogen-bond donors (Lipinski definition) is 1. The molecule has 0 aliphatic heterocycles. The predicted molar refractivity (Wildman–Crippen MR) is 83.4 cm³/mol. The molecule has 0 unspecified atom stereocenters. The van der Waals surface area contributed by atoms with Crippen molar-refractivity contribution < 1.29 is 4.40 Å². The summed E-state index contributed by atoms with van der Waals surface area (Å²) < 4.78 is 2.05. The normalized spacial score (nSPS) is 12.0. The van der Waals surface area contributed by atoms with Crippen molar-refractivity contribution in [3.05, 3.63) is 48.6 Å². The standard InChI is InChI=1S/C17H23N3/c1-4-7-8-10-14(6-3)15-13-20-12-11-18-17(20)19-16(15)9-5-2/h5-6,11-13H,2,4,7-10H2,1,3H3/p+1/b14-6+. The van der Waals surface area contributed by atoms with E-state index >= 15 is 0 Å². The number of unbranched alkanes of at least 4 members (excludes halogenated alkanes) is 2. The molecule has 20 heavy (non-hydrogen) atoms. The highest BCUT2D eigenvalue weighted by Gasteiger charge is 2.15. The molecule has 2 rings (SSSR count). The molecule has 0 radical (unpaired) electrons. The molecule has 1 N–H and O–H groups in total. The minimum Gasteiger partial charge on any atom is -0.245 e. The van der Waals surface area contributed by atoms with Crippen molar-refractivity contribution in [2.24, 2.45) is 0 Å². The maximum atomic E-state index is 4.72. The van der Waals surface area contributed by atoms with Gasteiger partial charge in [0.05, 0.1) is 12.4 Å². The average molecular weight is 270 g/mol. The van der Waals surface area contributed by atoms with Gasteiger partial charge in [-0.1, -0.05) is 36.9 Å². The van der Waals surface area contributed by atoms with Crippen molar-refractivity contribution in [2.75, 3.05) is 0 Å². The van der Waals surface area contributed by atoms with Gasteiger partial charge in [0.25, 0.3) is 0 Å². The third kappa shape index (κ3) is 3.16. The van der Waals surface area contributed by atoms with Gasteiger partial charge in [0.2, 0.25) is 0 Å². The van der Waals surface area contributed by atoms with E-state index in [9.17, 15) is 0 Å². The van der Waals surface area contributed by atoms with Crippen molar-refractivity contribution in [3.8, 4) is 0 Å². The lowest BCUT2D eigenvalue weighted by molar-refractivity contribution is -0.512. The zero-order valence-electron chi connectivity index (χ0n) is 12.5. The summed E-state index contributed by atoms with van der Waals surface area (Å²) in [6.45, 7) is 8.20. The van der Waals surface area contributed by atoms with E-state index in [1.807, 2.05) is 22.9 Å². The molecule has 0 amide bonds. The van der Waals surface area contributed by atoms with Crippen LogP contribution in [0.4, 0.5) is 0 Å². The Bertz CT molecular complexity index is 608. The molecule has 0 saturated heterocycles. The van der Waals surface area contributed by atoms with Gasteiger partial charge in [-0.05, 0) is 25.3 Å². The fourth-order valence-corrected chi connectivity index (χ4v) is 2.49. The van der Waals surface area contributed by atoms with Gasteiger partial charge < -0.3 is 0 Å². The number of nitrogens with one attached hydrogen (secondary N) is 1. The molecule has 0 bridgehead atoms. The second-order valence-electron chi connectivity index (χ2n) is 5.06. The third-order valence-corrected chi connectivity index (χ3v) is 3.59. The lowest BCUT2D eigenvalue weighted by Crippen LogP contribution is -2.22. The van der Waals surface area contributed by atoms with E-state index < -0.39 is 0 Å². The van der Waals surface area contributed by atoms with Crippen LogP contribution in [0.25, 0.3) is 11.4 Å². The minimum atomic E-state index is 0.802. The van der Waals surface area contributed by atoms with Gasteiger partial charge in [-0.3, -0.25) is 0 Å². The van der Waals surface area contributed by atoms with Crippen molar-refractivity contribution >= 4 is 11.4 Å². The molecule has 0 fully saturated rings. The first kappa shape index (κ1) is 14.5. The molecule has 0 aliphatic rings. The number of aromatic amines is 1. The summed E-state index contributed by atoms with van der Waals surface area (Å²) in [5.41, 5.74) is 3.74. The Morgan fingerprint density at radius 3 is 3.00 bits per heavy atom. The largest absolute Gasteiger partial charge is 0.401 e. The number of imidazole rings is 1. The van der Waals surface area contributed by atoms with Crippen LogP contribution in [-0.2, 0) is 6.42 Å². The zero-order chi connectivity index (χ0) is 14.4. The topological polar surface area (TPSA) is 32.8 Å². The predicted octanol–water partition coefficient (Wildman–Crippen LogP) is 3.86. The first-order valence-corrected chi connectivity index (χ1v) is 7.44. The zero-order valence-corrected chi connectivity index (χ0v) is 12.5. The van der Waals surface area contributed by atoms with Gasteiger partial charge in [-0.2, -0.15) is 0 Å². The van der Waals surface area contributed by atoms with Gasteiger partial charge in [0.15, 0.2) is 0 Å². The smallest absolute Gasteiger partial charge is 0.245 e. The molecule has 2 heterocycles. The third-order valence-electron chi connectivity index (χ3n) is 3.59. The van der Waals surface area contributed by atoms with E-state index in [0.29, 0.717) is 0 Å². The highest BCUT2D eigenvalue weighted by molar-refractivity contribution is 5.66. The van der Waals surface area contributed by atoms with Crippen molar-refractivity contribution in [2.45, 2.75) is 46.0 Å². The minimum absolute atomic E-state index is 0.802. The monoisotopic (exact) mass is 270 g/mol. The molecule has 2 aromatic heterocycles. The molecule has 0 spiro atoms. The highest BCUT2D eigenvalue weighted by atomic mass is 15.1. The van der Waals surface area contributed by atoms with Crippen LogP contribution in [0.5, 0.6) is 0 Å². The van der Waals surface area contributed by atoms with Crippen LogP contribution >= 0.6 is 0 Å². The van der Waals surface area contributed by atoms with Crippen molar-refractivity contribution in [3.63, 3.8) is 0 Å². The maximum Gasteiger partial charge on any atom is 0.401 e. The summed E-state index contributed by atoms with van der Waals surface area (Å²) in [6, 6.07) is 0. The fourth-order valence-electron chi connectivity index (χ4n) is 2.49. The average Bonchev–Trinajstić information content (AvgIpc) is 2.91. The number of hydrogen-bond acceptors (Lipinski definition) is 1. The number of rotatable bonds is 7. The Morgan fingerprint density at radius 1 is 1.45 bits per heavy atom. The van der Waals surface area contributed by atoms with Gasteiger partial charge in [0.1, 0.15) is 11.9 Å². The van der Waals surface area contributed by atoms with E-state index in [1.54, 1.807) is 0 Å². The van der Waals surface area contributed by atoms with Gasteiger partial charge in [-0.15, -0.1) is 6.58 Å². The lowest BCUT2D eigenvalue weighted by Gasteiger charge is -2.08. The van der Waals surface area contributed by atoms with Crippen LogP contribution in [0.2, 0.25) is 0 Å². The number of allylic oxidation sites excluding steroid dienone is 3. The van der Waals surface area contributed by atoms with Crippen LogP contribution in [0.15, 0.2) is 37.3 Å². The Balaban J connectivity index is 2.37. The number of aromatic nitrogens is 3. The van der Waals surface area contributed by atoms with E-state index in [2.05, 4.69) is 37.7 Å². The summed E-state index contributed by atoms with van der Waals surface area (Å²) in [7, 11) is 0. The number of fused-ring (bicyclic) bond motifs is 1. The molecule has 0 aliphatic carbocycles. The van der Waals surface area contributed by atoms with E-state index in [0.717, 1.165) is 24.3 Å². The molecule has 0 atom stereocenters. The quantitative estimate of drug-likeness (QED) is 0.462. The van der Waals surface area contributed by atoms with Gasteiger partial charge >= 0.3 is 5.78 Å². The first-order chi connectivity index (χ1) is 9.80. The maximum absolute atomic E-state index is 4.72. The van der Waals surface area contributed by atoms with Crippen LogP contribution in [0.3, 0.4) is 0 Å². The SMILES string of the molecule is C=CCc1nc2[nH]cc[n+]2cc1/C(=C/C)CCCCC. The van der Waals surface area contributed by atoms with Gasteiger partial charge in [-0.25, -0.2) is 9.38 Å². The Hall–Kier alpha value is -1.90. The Labute approximate surface area is 121 Å². The Morgan fingerprint density at radius 2 is 2.30 bits per heavy atom. The number of H-pyrrole nitrogens is 1. The molecule has 2 aromatic rings. The molecule has 3 heteroatoms. The molecule has 0 aromatic carbocycles. The van der Waals surface area contributed by atoms with E-state index in [4.69, 9.17) is 4.98 Å². The Kier molecular flexibility index (Phi) is 5.10. The molecule has 3 nitrogen and oxygen atoms in total. The highest BCUT2D eigenvalue weighted by Crippen LogP contribution is 2.23. The second-order valence-corrected chi connectivity index (χ2v) is 5.06. The fraction of sp³-hybridized carbons (Fsp3) is 0.412. The van der Waals surface area contributed by atoms with Crippen LogP contribution in [0.1, 0.15) is 50.8 Å². The van der Waals surface area contributed by atoms with Gasteiger partial charge in [0, 0.05) is 12.0 Å². The molecular weight excluding hydrogens is 246 g/mol. The summed E-state index contributed by atoms with van der Waals surface area (Å²) in [5, 5.41) is 0. The molecular formula is C17H24N3+. The van der Waals surface area contributed by atoms with Crippen LogP contribution in [0, 0.1) is 0 Å². The first-order valence-electron chi connectivity index (χ1n) is 7.44. The summed E-state index contributed by atoms with van der Waals surface area (Å²) in [4.78, 5) is 7.87. The number of nitrogens with zero attached hydrogens (tertiary/aromatic N) is 2. The lowest BCUT2D eigenvalue weighted by atomic mass is 9.98. The van der Waals surface area contributed by atoms with Crippen LogP contribution < -0.4 is 4.40 Å². The second kappa shape index (κ2) is 7.04. The van der Waals surface area contributed by atoms with E-state index in [1.165, 1.54) is 30.4 Å². The van der Waals surface area contributed by atoms with Crippen LogP contribution in [-0.4, -0.2) is 9.97 Å². The summed E-state index contributed by atoms with van der Waals surface area (Å²) in [6.07, 6.45) is 15.9. The molecule has 0 saturated carbocycles. The molecule has 106 valence electrons. The van der Waals surface area contributed by atoms with E-state index in [-0.39, 0.29) is 0 Å². The summed E-state index contributed by atoms with van der Waals surface area (Å²) in [5.74, 6) is 0.884. The van der Waals surface area contributed by atoms with Crippen molar-refractivity contribution in [1.82, 2.24) is 9.97 Å².